The Hall–Kier alpha value is -0.480. The highest BCUT2D eigenvalue weighted by atomic mass is 14.9. The van der Waals surface area contributed by atoms with Gasteiger partial charge in [-0.05, 0) is 45.1 Å². The molecule has 1 heteroatoms. The molecule has 0 aliphatic rings. The Bertz CT molecular complexity index is 185. The molecule has 0 bridgehead atoms. The SMILES string of the molecule is CC#CCCC(CCC(C)C)NCCC. The van der Waals surface area contributed by atoms with Crippen molar-refractivity contribution in [3.8, 4) is 11.8 Å². The van der Waals surface area contributed by atoms with Gasteiger partial charge in [0.15, 0.2) is 0 Å². The zero-order valence-electron chi connectivity index (χ0n) is 10.9. The summed E-state index contributed by atoms with van der Waals surface area (Å²) in [6.07, 6.45) is 6.07. The largest absolute Gasteiger partial charge is 0.314 e. The van der Waals surface area contributed by atoms with Crippen molar-refractivity contribution in [2.24, 2.45) is 5.92 Å². The van der Waals surface area contributed by atoms with Gasteiger partial charge >= 0.3 is 0 Å². The van der Waals surface area contributed by atoms with Gasteiger partial charge in [-0.1, -0.05) is 20.8 Å². The molecule has 88 valence electrons. The fourth-order valence-electron chi connectivity index (χ4n) is 1.60. The van der Waals surface area contributed by atoms with E-state index in [4.69, 9.17) is 0 Å². The molecule has 1 nitrogen and oxygen atoms in total. The van der Waals surface area contributed by atoms with E-state index in [1.54, 1.807) is 0 Å². The Balaban J connectivity index is 3.76. The molecule has 0 spiro atoms. The predicted octanol–water partition coefficient (Wildman–Crippen LogP) is 3.59. The van der Waals surface area contributed by atoms with E-state index in [0.29, 0.717) is 6.04 Å². The summed E-state index contributed by atoms with van der Waals surface area (Å²) in [5, 5.41) is 3.62. The van der Waals surface area contributed by atoms with Gasteiger partial charge < -0.3 is 5.32 Å². The molecule has 0 aliphatic carbocycles. The van der Waals surface area contributed by atoms with Crippen LogP contribution in [0.2, 0.25) is 0 Å². The van der Waals surface area contributed by atoms with E-state index in [2.05, 4.69) is 37.9 Å². The number of rotatable bonds is 8. The van der Waals surface area contributed by atoms with Crippen molar-refractivity contribution < 1.29 is 0 Å². The van der Waals surface area contributed by atoms with Crippen LogP contribution in [0.25, 0.3) is 0 Å². The Morgan fingerprint density at radius 3 is 2.40 bits per heavy atom. The average molecular weight is 209 g/mol. The van der Waals surface area contributed by atoms with Crippen LogP contribution in [0.1, 0.15) is 59.8 Å². The van der Waals surface area contributed by atoms with Crippen molar-refractivity contribution in [2.45, 2.75) is 65.8 Å². The zero-order chi connectivity index (χ0) is 11.5. The highest BCUT2D eigenvalue weighted by Crippen LogP contribution is 2.10. The maximum Gasteiger partial charge on any atom is 0.0103 e. The molecule has 0 rings (SSSR count). The third-order valence-electron chi connectivity index (χ3n) is 2.57. The zero-order valence-corrected chi connectivity index (χ0v) is 10.9. The molecule has 0 aromatic rings. The molecule has 0 radical (unpaired) electrons. The van der Waals surface area contributed by atoms with Crippen LogP contribution >= 0.6 is 0 Å². The molecule has 1 N–H and O–H groups in total. The second-order valence-electron chi connectivity index (χ2n) is 4.59. The minimum absolute atomic E-state index is 0.674. The number of nitrogens with one attached hydrogen (secondary N) is 1. The number of hydrogen-bond donors (Lipinski definition) is 1. The quantitative estimate of drug-likeness (QED) is 0.602. The van der Waals surface area contributed by atoms with Crippen molar-refractivity contribution in [3.05, 3.63) is 0 Å². The maximum atomic E-state index is 3.62. The third kappa shape index (κ3) is 9.82. The first-order valence-corrected chi connectivity index (χ1v) is 6.33. The smallest absolute Gasteiger partial charge is 0.0103 e. The highest BCUT2D eigenvalue weighted by molar-refractivity contribution is 4.95. The summed E-state index contributed by atoms with van der Waals surface area (Å²) in [4.78, 5) is 0. The monoisotopic (exact) mass is 209 g/mol. The van der Waals surface area contributed by atoms with Gasteiger partial charge in [-0.3, -0.25) is 0 Å². The Morgan fingerprint density at radius 1 is 1.13 bits per heavy atom. The van der Waals surface area contributed by atoms with E-state index in [-0.39, 0.29) is 0 Å². The molecule has 0 saturated heterocycles. The summed E-state index contributed by atoms with van der Waals surface area (Å²) in [5.41, 5.74) is 0. The standard InChI is InChI=1S/C14H27N/c1-5-7-8-9-14(15-12-6-2)11-10-13(3)4/h13-15H,6,8-12H2,1-4H3. The number of hydrogen-bond acceptors (Lipinski definition) is 1. The lowest BCUT2D eigenvalue weighted by Crippen LogP contribution is -2.30. The molecule has 1 unspecified atom stereocenters. The van der Waals surface area contributed by atoms with E-state index < -0.39 is 0 Å². The summed E-state index contributed by atoms with van der Waals surface area (Å²) >= 11 is 0. The van der Waals surface area contributed by atoms with Gasteiger partial charge in [-0.25, -0.2) is 0 Å². The Kier molecular flexibility index (Phi) is 9.73. The molecule has 0 saturated carbocycles. The minimum atomic E-state index is 0.674. The second-order valence-corrected chi connectivity index (χ2v) is 4.59. The van der Waals surface area contributed by atoms with Crippen LogP contribution in [0, 0.1) is 17.8 Å². The minimum Gasteiger partial charge on any atom is -0.314 e. The van der Waals surface area contributed by atoms with Crippen LogP contribution in [0.5, 0.6) is 0 Å². The first-order valence-electron chi connectivity index (χ1n) is 6.33. The van der Waals surface area contributed by atoms with Gasteiger partial charge in [0.25, 0.3) is 0 Å². The highest BCUT2D eigenvalue weighted by Gasteiger charge is 2.07. The Labute approximate surface area is 96.0 Å². The molecular weight excluding hydrogens is 182 g/mol. The van der Waals surface area contributed by atoms with Crippen LogP contribution in [-0.2, 0) is 0 Å². The van der Waals surface area contributed by atoms with Crippen molar-refractivity contribution in [1.29, 1.82) is 0 Å². The van der Waals surface area contributed by atoms with Crippen LogP contribution in [0.15, 0.2) is 0 Å². The van der Waals surface area contributed by atoms with Gasteiger partial charge in [0.2, 0.25) is 0 Å². The third-order valence-corrected chi connectivity index (χ3v) is 2.57. The lowest BCUT2D eigenvalue weighted by Gasteiger charge is -2.18. The lowest BCUT2D eigenvalue weighted by atomic mass is 10.00. The fraction of sp³-hybridized carbons (Fsp3) is 0.857. The van der Waals surface area contributed by atoms with E-state index in [1.807, 2.05) is 6.92 Å². The van der Waals surface area contributed by atoms with Crippen molar-refractivity contribution in [3.63, 3.8) is 0 Å². The normalized spacial score (nSPS) is 12.3. The first kappa shape index (κ1) is 14.5. The van der Waals surface area contributed by atoms with Crippen molar-refractivity contribution in [1.82, 2.24) is 5.32 Å². The summed E-state index contributed by atoms with van der Waals surface area (Å²) in [5.74, 6) is 6.93. The predicted molar refractivity (Wildman–Crippen MR) is 68.8 cm³/mol. The van der Waals surface area contributed by atoms with Crippen LogP contribution in [-0.4, -0.2) is 12.6 Å². The van der Waals surface area contributed by atoms with Crippen LogP contribution in [0.3, 0.4) is 0 Å². The van der Waals surface area contributed by atoms with Gasteiger partial charge in [0.1, 0.15) is 0 Å². The van der Waals surface area contributed by atoms with Gasteiger partial charge in [-0.2, -0.15) is 0 Å². The van der Waals surface area contributed by atoms with Gasteiger partial charge in [-0.15, -0.1) is 11.8 Å². The molecule has 0 aromatic heterocycles. The molecule has 0 fully saturated rings. The molecule has 0 aliphatic heterocycles. The summed E-state index contributed by atoms with van der Waals surface area (Å²) in [6.45, 7) is 9.87. The van der Waals surface area contributed by atoms with E-state index in [1.165, 1.54) is 25.7 Å². The fourth-order valence-corrected chi connectivity index (χ4v) is 1.60. The molecule has 0 amide bonds. The van der Waals surface area contributed by atoms with E-state index >= 15 is 0 Å². The summed E-state index contributed by atoms with van der Waals surface area (Å²) < 4.78 is 0. The van der Waals surface area contributed by atoms with Gasteiger partial charge in [0.05, 0.1) is 0 Å². The molecule has 0 heterocycles. The molecule has 1 atom stereocenters. The van der Waals surface area contributed by atoms with E-state index in [9.17, 15) is 0 Å². The van der Waals surface area contributed by atoms with Crippen molar-refractivity contribution >= 4 is 0 Å². The molecule has 15 heavy (non-hydrogen) atoms. The lowest BCUT2D eigenvalue weighted by molar-refractivity contribution is 0.413. The summed E-state index contributed by atoms with van der Waals surface area (Å²) in [6, 6.07) is 0.674. The van der Waals surface area contributed by atoms with Gasteiger partial charge in [0, 0.05) is 12.5 Å². The average Bonchev–Trinajstić information content (AvgIpc) is 2.21. The van der Waals surface area contributed by atoms with Crippen LogP contribution < -0.4 is 5.32 Å². The molecule has 0 aromatic carbocycles. The first-order chi connectivity index (χ1) is 7.20. The topological polar surface area (TPSA) is 12.0 Å². The maximum absolute atomic E-state index is 3.62. The van der Waals surface area contributed by atoms with Crippen LogP contribution in [0.4, 0.5) is 0 Å². The molecular formula is C14H27N. The Morgan fingerprint density at radius 2 is 1.87 bits per heavy atom. The van der Waals surface area contributed by atoms with E-state index in [0.717, 1.165) is 18.9 Å². The van der Waals surface area contributed by atoms with Crippen molar-refractivity contribution in [2.75, 3.05) is 6.54 Å². The second kappa shape index (κ2) is 10.1. The summed E-state index contributed by atoms with van der Waals surface area (Å²) in [7, 11) is 0.